The van der Waals surface area contributed by atoms with Gasteiger partial charge in [-0.15, -0.1) is 0 Å². The fourth-order valence-electron chi connectivity index (χ4n) is 3.37. The quantitative estimate of drug-likeness (QED) is 0.676. The monoisotopic (exact) mass is 406 g/mol. The van der Waals surface area contributed by atoms with Crippen molar-refractivity contribution in [1.82, 2.24) is 4.57 Å². The number of carbonyl (C=O) groups is 1. The highest BCUT2D eigenvalue weighted by Gasteiger charge is 2.32. The number of phenols is 1. The van der Waals surface area contributed by atoms with E-state index in [1.54, 1.807) is 41.8 Å². The highest BCUT2D eigenvalue weighted by molar-refractivity contribution is 7.07. The molecule has 1 aliphatic rings. The molecule has 1 atom stereocenters. The van der Waals surface area contributed by atoms with Gasteiger partial charge in [0.05, 0.1) is 29.0 Å². The molecule has 1 aliphatic heterocycles. The van der Waals surface area contributed by atoms with E-state index in [2.05, 4.69) is 4.99 Å². The predicted octanol–water partition coefficient (Wildman–Crippen LogP) is 2.11. The second-order valence-electron chi connectivity index (χ2n) is 6.58. The number of ether oxygens (including phenoxy) is 1. The molecule has 0 saturated heterocycles. The Morgan fingerprint density at radius 2 is 1.86 bits per heavy atom. The number of thiazole rings is 1. The predicted molar refractivity (Wildman–Crippen MR) is 110 cm³/mol. The lowest BCUT2D eigenvalue weighted by molar-refractivity contribution is -0.136. The molecule has 1 N–H and O–H groups in total. The van der Waals surface area contributed by atoms with Crippen LogP contribution in [0.15, 0.2) is 75.7 Å². The van der Waals surface area contributed by atoms with Crippen LogP contribution in [0.25, 0.3) is 6.08 Å². The molecule has 6 nitrogen and oxygen atoms in total. The van der Waals surface area contributed by atoms with Crippen molar-refractivity contribution in [2.24, 2.45) is 4.99 Å². The summed E-state index contributed by atoms with van der Waals surface area (Å²) in [5.41, 5.74) is 2.24. The first-order valence-corrected chi connectivity index (χ1v) is 9.76. The van der Waals surface area contributed by atoms with Crippen molar-refractivity contribution in [3.05, 3.63) is 96.7 Å². The summed E-state index contributed by atoms with van der Waals surface area (Å²) < 4.78 is 7.02. The first kappa shape index (κ1) is 18.9. The summed E-state index contributed by atoms with van der Waals surface area (Å²) in [7, 11) is 1.32. The standard InChI is InChI=1S/C22H18N2O4S/c1-13-18(21(27)28-2)19(15-6-4-3-5-7-15)24-20(26)17(29-22(24)23-13)12-14-8-10-16(25)11-9-14/h3-12,19,25H,1-2H3/b17-12-/t19-/m0/s1. The molecule has 0 radical (unpaired) electrons. The number of esters is 1. The van der Waals surface area contributed by atoms with E-state index in [-0.39, 0.29) is 11.3 Å². The van der Waals surface area contributed by atoms with E-state index in [1.807, 2.05) is 30.3 Å². The summed E-state index contributed by atoms with van der Waals surface area (Å²) in [6, 6.07) is 15.4. The first-order valence-electron chi connectivity index (χ1n) is 8.94. The van der Waals surface area contributed by atoms with Crippen molar-refractivity contribution in [3.63, 3.8) is 0 Å². The van der Waals surface area contributed by atoms with Gasteiger partial charge in [0.1, 0.15) is 5.75 Å². The van der Waals surface area contributed by atoms with Crippen LogP contribution in [0.1, 0.15) is 24.1 Å². The Labute approximate surface area is 170 Å². The number of hydrogen-bond donors (Lipinski definition) is 1. The fourth-order valence-corrected chi connectivity index (χ4v) is 4.41. The second-order valence-corrected chi connectivity index (χ2v) is 7.58. The van der Waals surface area contributed by atoms with Crippen molar-refractivity contribution in [1.29, 1.82) is 0 Å². The zero-order valence-corrected chi connectivity index (χ0v) is 16.6. The van der Waals surface area contributed by atoms with Gasteiger partial charge in [-0.3, -0.25) is 9.36 Å². The molecule has 0 bridgehead atoms. The van der Waals surface area contributed by atoms with Crippen molar-refractivity contribution < 1.29 is 14.6 Å². The van der Waals surface area contributed by atoms with Crippen LogP contribution in [0.3, 0.4) is 0 Å². The van der Waals surface area contributed by atoms with Crippen molar-refractivity contribution in [2.75, 3.05) is 7.11 Å². The summed E-state index contributed by atoms with van der Waals surface area (Å²) in [4.78, 5) is 30.9. The number of allylic oxidation sites excluding steroid dienone is 1. The van der Waals surface area contributed by atoms with Gasteiger partial charge in [-0.05, 0) is 36.3 Å². The SMILES string of the molecule is COC(=O)C1=C(C)N=c2s/c(=C\c3ccc(O)cc3)c(=O)n2[C@H]1c1ccccc1. The van der Waals surface area contributed by atoms with E-state index >= 15 is 0 Å². The van der Waals surface area contributed by atoms with Crippen LogP contribution in [-0.4, -0.2) is 22.8 Å². The zero-order chi connectivity index (χ0) is 20.5. The molecule has 0 saturated carbocycles. The first-order chi connectivity index (χ1) is 14.0. The van der Waals surface area contributed by atoms with Crippen LogP contribution in [0, 0.1) is 0 Å². The lowest BCUT2D eigenvalue weighted by Crippen LogP contribution is -2.39. The minimum absolute atomic E-state index is 0.158. The molecule has 29 heavy (non-hydrogen) atoms. The highest BCUT2D eigenvalue weighted by Crippen LogP contribution is 2.30. The summed E-state index contributed by atoms with van der Waals surface area (Å²) in [6.07, 6.45) is 1.75. The van der Waals surface area contributed by atoms with Gasteiger partial charge in [0, 0.05) is 0 Å². The third-order valence-electron chi connectivity index (χ3n) is 4.73. The molecular weight excluding hydrogens is 388 g/mol. The molecule has 0 amide bonds. The zero-order valence-electron chi connectivity index (χ0n) is 15.8. The van der Waals surface area contributed by atoms with Gasteiger partial charge in [-0.1, -0.05) is 53.8 Å². The molecule has 1 aromatic heterocycles. The largest absolute Gasteiger partial charge is 0.508 e. The van der Waals surface area contributed by atoms with E-state index in [0.29, 0.717) is 20.6 Å². The number of rotatable bonds is 3. The number of hydrogen-bond acceptors (Lipinski definition) is 6. The molecule has 4 rings (SSSR count). The van der Waals surface area contributed by atoms with Gasteiger partial charge in [0.2, 0.25) is 0 Å². The number of nitrogens with zero attached hydrogens (tertiary/aromatic N) is 2. The Bertz CT molecular complexity index is 1290. The maximum atomic E-state index is 13.3. The van der Waals surface area contributed by atoms with Gasteiger partial charge >= 0.3 is 5.97 Å². The van der Waals surface area contributed by atoms with Gasteiger partial charge in [0.25, 0.3) is 5.56 Å². The average Bonchev–Trinajstić information content (AvgIpc) is 3.03. The van der Waals surface area contributed by atoms with Crippen LogP contribution in [0.5, 0.6) is 5.75 Å². The molecule has 0 spiro atoms. The molecule has 3 aromatic rings. The van der Waals surface area contributed by atoms with E-state index in [9.17, 15) is 14.7 Å². The van der Waals surface area contributed by atoms with Crippen molar-refractivity contribution in [2.45, 2.75) is 13.0 Å². The van der Waals surface area contributed by atoms with E-state index in [1.165, 1.54) is 18.4 Å². The third kappa shape index (κ3) is 3.40. The summed E-state index contributed by atoms with van der Waals surface area (Å²) >= 11 is 1.26. The van der Waals surface area contributed by atoms with Crippen LogP contribution in [0.2, 0.25) is 0 Å². The lowest BCUT2D eigenvalue weighted by Gasteiger charge is -2.24. The van der Waals surface area contributed by atoms with Crippen LogP contribution in [-0.2, 0) is 9.53 Å². The molecule has 2 aromatic carbocycles. The van der Waals surface area contributed by atoms with Crippen molar-refractivity contribution >= 4 is 23.4 Å². The Balaban J connectivity index is 1.97. The topological polar surface area (TPSA) is 80.9 Å². The smallest absolute Gasteiger partial charge is 0.338 e. The minimum Gasteiger partial charge on any atom is -0.508 e. The van der Waals surface area contributed by atoms with Crippen LogP contribution in [0.4, 0.5) is 0 Å². The number of phenolic OH excluding ortho intramolecular Hbond substituents is 1. The molecular formula is C22H18N2O4S. The van der Waals surface area contributed by atoms with Crippen LogP contribution >= 0.6 is 11.3 Å². The van der Waals surface area contributed by atoms with Gasteiger partial charge in [-0.2, -0.15) is 0 Å². The number of benzene rings is 2. The summed E-state index contributed by atoms with van der Waals surface area (Å²) in [5.74, 6) is -0.348. The van der Waals surface area contributed by atoms with Gasteiger partial charge in [0.15, 0.2) is 4.80 Å². The normalized spacial score (nSPS) is 16.3. The number of aromatic hydroxyl groups is 1. The van der Waals surface area contributed by atoms with Gasteiger partial charge < -0.3 is 9.84 Å². The molecule has 7 heteroatoms. The Hall–Kier alpha value is -3.45. The molecule has 0 unspecified atom stereocenters. The van der Waals surface area contributed by atoms with Crippen molar-refractivity contribution in [3.8, 4) is 5.75 Å². The van der Waals surface area contributed by atoms with Crippen LogP contribution < -0.4 is 14.9 Å². The third-order valence-corrected chi connectivity index (χ3v) is 5.72. The molecule has 2 heterocycles. The Kier molecular flexibility index (Phi) is 4.90. The molecule has 146 valence electrons. The van der Waals surface area contributed by atoms with Gasteiger partial charge in [-0.25, -0.2) is 9.79 Å². The Morgan fingerprint density at radius 1 is 1.17 bits per heavy atom. The lowest BCUT2D eigenvalue weighted by atomic mass is 9.96. The minimum atomic E-state index is -0.609. The second kappa shape index (κ2) is 7.52. The molecule has 0 aliphatic carbocycles. The highest BCUT2D eigenvalue weighted by atomic mass is 32.1. The summed E-state index contributed by atoms with van der Waals surface area (Å²) in [5, 5.41) is 9.46. The van der Waals surface area contributed by atoms with E-state index < -0.39 is 12.0 Å². The average molecular weight is 406 g/mol. The maximum Gasteiger partial charge on any atom is 0.338 e. The maximum absolute atomic E-state index is 13.3. The van der Waals surface area contributed by atoms with E-state index in [0.717, 1.165) is 11.1 Å². The number of methoxy groups -OCH3 is 1. The number of fused-ring (bicyclic) bond motifs is 1. The Morgan fingerprint density at radius 3 is 2.52 bits per heavy atom. The molecule has 0 fully saturated rings. The summed E-state index contributed by atoms with van der Waals surface area (Å²) in [6.45, 7) is 1.75. The number of aromatic nitrogens is 1. The number of carbonyl (C=O) groups excluding carboxylic acids is 1. The fraction of sp³-hybridized carbons (Fsp3) is 0.136. The van der Waals surface area contributed by atoms with E-state index in [4.69, 9.17) is 4.74 Å².